The third-order valence-corrected chi connectivity index (χ3v) is 1.93. The molecular weight excluding hydrogens is 228 g/mol. The number of aryl methyl sites for hydroxylation is 1. The number of aliphatic carboxylic acids is 1. The second-order valence-electron chi connectivity index (χ2n) is 3.28. The number of carbonyl (C=O) groups is 1. The smallest absolute Gasteiger partial charge is 0.325 e. The van der Waals surface area contributed by atoms with Gasteiger partial charge >= 0.3 is 5.97 Å². The van der Waals surface area contributed by atoms with Gasteiger partial charge in [0.15, 0.2) is 0 Å². The predicted molar refractivity (Wildman–Crippen MR) is 53.8 cm³/mol. The standard InChI is InChI=1S/C7H10N8O2/c1-14-7(10-11-13-14)8-2-5-3-15(12-9-5)4-6(16)17/h3H,2,4H2,1H3,(H,16,17)(H,8,10,13). The van der Waals surface area contributed by atoms with Crippen molar-refractivity contribution >= 4 is 11.9 Å². The van der Waals surface area contributed by atoms with Crippen LogP contribution in [0.1, 0.15) is 5.69 Å². The van der Waals surface area contributed by atoms with E-state index < -0.39 is 5.97 Å². The Hall–Kier alpha value is -2.52. The molecule has 2 aromatic rings. The molecule has 0 atom stereocenters. The molecule has 0 radical (unpaired) electrons. The van der Waals surface area contributed by atoms with E-state index in [9.17, 15) is 4.79 Å². The molecule has 10 nitrogen and oxygen atoms in total. The Kier molecular flexibility index (Phi) is 2.94. The zero-order chi connectivity index (χ0) is 12.3. The summed E-state index contributed by atoms with van der Waals surface area (Å²) < 4.78 is 2.72. The van der Waals surface area contributed by atoms with Crippen LogP contribution in [-0.4, -0.2) is 46.3 Å². The molecule has 2 N–H and O–H groups in total. The van der Waals surface area contributed by atoms with Gasteiger partial charge in [-0.15, -0.1) is 5.10 Å². The van der Waals surface area contributed by atoms with Gasteiger partial charge in [-0.25, -0.2) is 9.36 Å². The summed E-state index contributed by atoms with van der Waals surface area (Å²) in [4.78, 5) is 10.4. The first kappa shape index (κ1) is 11.0. The molecule has 2 rings (SSSR count). The summed E-state index contributed by atoms with van der Waals surface area (Å²) >= 11 is 0. The minimum Gasteiger partial charge on any atom is -0.480 e. The molecule has 0 aliphatic heterocycles. The number of tetrazole rings is 1. The molecule has 0 aromatic carbocycles. The van der Waals surface area contributed by atoms with E-state index in [2.05, 4.69) is 31.2 Å². The number of hydrogen-bond acceptors (Lipinski definition) is 7. The van der Waals surface area contributed by atoms with Crippen LogP contribution >= 0.6 is 0 Å². The zero-order valence-electron chi connectivity index (χ0n) is 8.98. The molecule has 0 amide bonds. The normalized spacial score (nSPS) is 10.4. The van der Waals surface area contributed by atoms with Gasteiger partial charge < -0.3 is 10.4 Å². The highest BCUT2D eigenvalue weighted by molar-refractivity contribution is 5.66. The Bertz CT molecular complexity index is 517. The number of rotatable bonds is 5. The van der Waals surface area contributed by atoms with Crippen molar-refractivity contribution < 1.29 is 9.90 Å². The summed E-state index contributed by atoms with van der Waals surface area (Å²) in [5, 5.41) is 29.8. The van der Waals surface area contributed by atoms with E-state index in [0.717, 1.165) is 0 Å². The van der Waals surface area contributed by atoms with Crippen molar-refractivity contribution in [3.63, 3.8) is 0 Å². The van der Waals surface area contributed by atoms with Gasteiger partial charge in [0, 0.05) is 7.05 Å². The van der Waals surface area contributed by atoms with Crippen molar-refractivity contribution in [1.82, 2.24) is 35.2 Å². The average molecular weight is 238 g/mol. The molecular formula is C7H10N8O2. The van der Waals surface area contributed by atoms with Crippen LogP contribution in [0.2, 0.25) is 0 Å². The van der Waals surface area contributed by atoms with Crippen molar-refractivity contribution in [1.29, 1.82) is 0 Å². The van der Waals surface area contributed by atoms with Crippen LogP contribution < -0.4 is 5.32 Å². The first-order valence-electron chi connectivity index (χ1n) is 4.72. The summed E-state index contributed by atoms with van der Waals surface area (Å²) in [5.74, 6) is -0.468. The topological polar surface area (TPSA) is 124 Å². The summed E-state index contributed by atoms with van der Waals surface area (Å²) in [7, 11) is 1.70. The minimum absolute atomic E-state index is 0.210. The highest BCUT2D eigenvalue weighted by Gasteiger charge is 2.06. The number of carboxylic acids is 1. The number of aromatic nitrogens is 7. The lowest BCUT2D eigenvalue weighted by Gasteiger charge is -1.99. The Morgan fingerprint density at radius 1 is 1.47 bits per heavy atom. The van der Waals surface area contributed by atoms with E-state index in [1.54, 1.807) is 13.2 Å². The minimum atomic E-state index is -0.966. The van der Waals surface area contributed by atoms with E-state index in [4.69, 9.17) is 5.11 Å². The fourth-order valence-electron chi connectivity index (χ4n) is 1.18. The molecule has 0 saturated carbocycles. The summed E-state index contributed by atoms with van der Waals surface area (Å²) in [6.07, 6.45) is 1.55. The lowest BCUT2D eigenvalue weighted by atomic mass is 10.5. The molecule has 0 aliphatic carbocycles. The Morgan fingerprint density at radius 2 is 2.29 bits per heavy atom. The second-order valence-corrected chi connectivity index (χ2v) is 3.28. The molecule has 0 fully saturated rings. The van der Waals surface area contributed by atoms with E-state index in [-0.39, 0.29) is 6.54 Å². The monoisotopic (exact) mass is 238 g/mol. The number of anilines is 1. The third kappa shape index (κ3) is 2.74. The van der Waals surface area contributed by atoms with Gasteiger partial charge in [-0.3, -0.25) is 4.79 Å². The van der Waals surface area contributed by atoms with Crippen LogP contribution in [-0.2, 0) is 24.9 Å². The van der Waals surface area contributed by atoms with Crippen LogP contribution in [0.3, 0.4) is 0 Å². The van der Waals surface area contributed by atoms with E-state index in [0.29, 0.717) is 18.2 Å². The third-order valence-electron chi connectivity index (χ3n) is 1.93. The van der Waals surface area contributed by atoms with Crippen molar-refractivity contribution in [2.75, 3.05) is 5.32 Å². The van der Waals surface area contributed by atoms with Gasteiger partial charge in [0.2, 0.25) is 5.95 Å². The van der Waals surface area contributed by atoms with Crippen molar-refractivity contribution in [2.24, 2.45) is 7.05 Å². The summed E-state index contributed by atoms with van der Waals surface area (Å²) in [6, 6.07) is 0. The molecule has 0 saturated heterocycles. The maximum Gasteiger partial charge on any atom is 0.325 e. The lowest BCUT2D eigenvalue weighted by molar-refractivity contribution is -0.137. The van der Waals surface area contributed by atoms with Crippen LogP contribution in [0.25, 0.3) is 0 Å². The first-order chi connectivity index (χ1) is 8.15. The van der Waals surface area contributed by atoms with Gasteiger partial charge in [0.05, 0.1) is 12.7 Å². The molecule has 2 heterocycles. The van der Waals surface area contributed by atoms with Crippen LogP contribution in [0.5, 0.6) is 0 Å². The van der Waals surface area contributed by atoms with Crippen LogP contribution in [0.4, 0.5) is 5.95 Å². The zero-order valence-corrected chi connectivity index (χ0v) is 8.98. The van der Waals surface area contributed by atoms with Gasteiger partial charge in [0.1, 0.15) is 12.2 Å². The van der Waals surface area contributed by atoms with Crippen molar-refractivity contribution in [2.45, 2.75) is 13.1 Å². The SMILES string of the molecule is Cn1nnnc1NCc1cn(CC(=O)O)nn1. The molecule has 2 aromatic heterocycles. The first-order valence-corrected chi connectivity index (χ1v) is 4.72. The van der Waals surface area contributed by atoms with Gasteiger partial charge in [-0.05, 0) is 10.4 Å². The maximum absolute atomic E-state index is 10.4. The largest absolute Gasteiger partial charge is 0.480 e. The quantitative estimate of drug-likeness (QED) is 0.644. The number of nitrogens with zero attached hydrogens (tertiary/aromatic N) is 7. The van der Waals surface area contributed by atoms with Crippen molar-refractivity contribution in [3.05, 3.63) is 11.9 Å². The summed E-state index contributed by atoms with van der Waals surface area (Å²) in [5.41, 5.74) is 0.606. The number of carboxylic acid groups (broad SMARTS) is 1. The van der Waals surface area contributed by atoms with E-state index >= 15 is 0 Å². The molecule has 0 spiro atoms. The van der Waals surface area contributed by atoms with E-state index in [1.807, 2.05) is 0 Å². The Morgan fingerprint density at radius 3 is 2.94 bits per heavy atom. The number of nitrogens with one attached hydrogen (secondary N) is 1. The van der Waals surface area contributed by atoms with Gasteiger partial charge in [-0.2, -0.15) is 0 Å². The number of hydrogen-bond donors (Lipinski definition) is 2. The molecule has 17 heavy (non-hydrogen) atoms. The Labute approximate surface area is 95.2 Å². The van der Waals surface area contributed by atoms with Gasteiger partial charge in [0.25, 0.3) is 0 Å². The van der Waals surface area contributed by atoms with E-state index in [1.165, 1.54) is 9.36 Å². The van der Waals surface area contributed by atoms with Crippen LogP contribution in [0, 0.1) is 0 Å². The molecule has 0 unspecified atom stereocenters. The summed E-state index contributed by atoms with van der Waals surface area (Å²) in [6.45, 7) is 0.159. The Balaban J connectivity index is 1.93. The van der Waals surface area contributed by atoms with Crippen LogP contribution in [0.15, 0.2) is 6.20 Å². The second kappa shape index (κ2) is 4.55. The molecule has 0 bridgehead atoms. The van der Waals surface area contributed by atoms with Crippen molar-refractivity contribution in [3.8, 4) is 0 Å². The predicted octanol–water partition coefficient (Wildman–Crippen LogP) is -1.50. The lowest BCUT2D eigenvalue weighted by Crippen LogP contribution is -2.09. The maximum atomic E-state index is 10.4. The van der Waals surface area contributed by atoms with Gasteiger partial charge in [-0.1, -0.05) is 10.3 Å². The highest BCUT2D eigenvalue weighted by atomic mass is 16.4. The highest BCUT2D eigenvalue weighted by Crippen LogP contribution is 2.00. The molecule has 90 valence electrons. The molecule has 0 aliphatic rings. The molecule has 10 heteroatoms. The fourth-order valence-corrected chi connectivity index (χ4v) is 1.18. The average Bonchev–Trinajstić information content (AvgIpc) is 2.84. The fraction of sp³-hybridized carbons (Fsp3) is 0.429.